The van der Waals surface area contributed by atoms with Gasteiger partial charge < -0.3 is 5.11 Å². The third-order valence-electron chi connectivity index (χ3n) is 4.58. The molecular formula is C19H21BrO. The number of fused-ring (bicyclic) bond motifs is 1. The minimum atomic E-state index is -0.793. The highest BCUT2D eigenvalue weighted by Crippen LogP contribution is 2.40. The summed E-state index contributed by atoms with van der Waals surface area (Å²) in [6, 6.07) is 16.7. The Kier molecular flexibility index (Phi) is 4.19. The van der Waals surface area contributed by atoms with Crippen LogP contribution in [0.1, 0.15) is 48.8 Å². The van der Waals surface area contributed by atoms with E-state index in [-0.39, 0.29) is 0 Å². The zero-order valence-corrected chi connectivity index (χ0v) is 13.9. The summed E-state index contributed by atoms with van der Waals surface area (Å²) >= 11 is 3.49. The summed E-state index contributed by atoms with van der Waals surface area (Å²) in [4.78, 5) is 0. The van der Waals surface area contributed by atoms with Gasteiger partial charge >= 0.3 is 0 Å². The molecule has 0 saturated carbocycles. The number of aryl methyl sites for hydroxylation is 1. The Labute approximate surface area is 135 Å². The standard InChI is InChI=1S/C19H21BrO/c1-19(21,16-9-5-10-17(20)12-16)13-15-8-4-7-14-6-2-3-11-18(14)15/h2-3,5-6,9-12,15,21H,4,7-8,13H2,1H3. The first-order valence-corrected chi connectivity index (χ1v) is 8.42. The highest BCUT2D eigenvalue weighted by Gasteiger charge is 2.30. The van der Waals surface area contributed by atoms with Crippen LogP contribution in [0.2, 0.25) is 0 Å². The Hall–Kier alpha value is -1.12. The molecule has 0 aromatic heterocycles. The van der Waals surface area contributed by atoms with E-state index in [4.69, 9.17) is 0 Å². The van der Waals surface area contributed by atoms with Gasteiger partial charge in [-0.1, -0.05) is 52.3 Å². The van der Waals surface area contributed by atoms with Crippen molar-refractivity contribution >= 4 is 15.9 Å². The number of hydrogen-bond donors (Lipinski definition) is 1. The molecule has 2 atom stereocenters. The highest BCUT2D eigenvalue weighted by molar-refractivity contribution is 9.10. The number of aliphatic hydroxyl groups is 1. The van der Waals surface area contributed by atoms with E-state index in [1.54, 1.807) is 0 Å². The fraction of sp³-hybridized carbons (Fsp3) is 0.368. The molecule has 1 nitrogen and oxygen atoms in total. The van der Waals surface area contributed by atoms with E-state index in [1.807, 2.05) is 31.2 Å². The molecule has 2 unspecified atom stereocenters. The van der Waals surface area contributed by atoms with E-state index in [0.717, 1.165) is 16.5 Å². The summed E-state index contributed by atoms with van der Waals surface area (Å²) in [5.41, 5.74) is 3.08. The summed E-state index contributed by atoms with van der Waals surface area (Å²) < 4.78 is 1.02. The van der Waals surface area contributed by atoms with Crippen LogP contribution in [0.15, 0.2) is 53.0 Å². The Morgan fingerprint density at radius 3 is 2.81 bits per heavy atom. The molecule has 1 aliphatic rings. The van der Waals surface area contributed by atoms with Crippen LogP contribution in [0.4, 0.5) is 0 Å². The molecule has 1 N–H and O–H groups in total. The number of halogens is 1. The summed E-state index contributed by atoms with van der Waals surface area (Å²) in [6.45, 7) is 1.94. The zero-order chi connectivity index (χ0) is 14.9. The van der Waals surface area contributed by atoms with Gasteiger partial charge in [0.05, 0.1) is 5.60 Å². The van der Waals surface area contributed by atoms with Crippen molar-refractivity contribution in [1.82, 2.24) is 0 Å². The molecule has 2 aromatic carbocycles. The summed E-state index contributed by atoms with van der Waals surface area (Å²) in [5.74, 6) is 0.448. The molecule has 21 heavy (non-hydrogen) atoms. The van der Waals surface area contributed by atoms with E-state index in [0.29, 0.717) is 5.92 Å². The van der Waals surface area contributed by atoms with Crippen LogP contribution in [-0.2, 0) is 12.0 Å². The van der Waals surface area contributed by atoms with Crippen LogP contribution in [0.5, 0.6) is 0 Å². The Bertz CT molecular complexity index is 633. The number of benzene rings is 2. The lowest BCUT2D eigenvalue weighted by atomic mass is 9.75. The predicted octanol–water partition coefficient (Wildman–Crippen LogP) is 5.17. The van der Waals surface area contributed by atoms with Gasteiger partial charge in [0.1, 0.15) is 0 Å². The zero-order valence-electron chi connectivity index (χ0n) is 12.3. The van der Waals surface area contributed by atoms with Gasteiger partial charge in [-0.25, -0.2) is 0 Å². The lowest BCUT2D eigenvalue weighted by Gasteiger charge is -2.33. The van der Waals surface area contributed by atoms with Crippen molar-refractivity contribution in [2.24, 2.45) is 0 Å². The van der Waals surface area contributed by atoms with Crippen molar-refractivity contribution in [3.05, 3.63) is 69.7 Å². The van der Waals surface area contributed by atoms with Gasteiger partial charge in [-0.3, -0.25) is 0 Å². The molecule has 0 bridgehead atoms. The maximum Gasteiger partial charge on any atom is 0.0874 e. The normalized spacial score (nSPS) is 20.6. The monoisotopic (exact) mass is 344 g/mol. The summed E-state index contributed by atoms with van der Waals surface area (Å²) in [5, 5.41) is 11.0. The first-order valence-electron chi connectivity index (χ1n) is 7.62. The number of hydrogen-bond acceptors (Lipinski definition) is 1. The SMILES string of the molecule is CC(O)(CC1CCCc2ccccc21)c1cccc(Br)c1. The molecule has 0 spiro atoms. The van der Waals surface area contributed by atoms with Gasteiger partial charge in [0, 0.05) is 4.47 Å². The molecule has 3 rings (SSSR count). The molecule has 0 aliphatic heterocycles. The van der Waals surface area contributed by atoms with Gasteiger partial charge in [0.15, 0.2) is 0 Å². The molecule has 2 aromatic rings. The molecule has 0 saturated heterocycles. The van der Waals surface area contributed by atoms with Crippen molar-refractivity contribution in [3.8, 4) is 0 Å². The molecule has 0 radical (unpaired) electrons. The first kappa shape index (κ1) is 14.8. The molecular weight excluding hydrogens is 324 g/mol. The summed E-state index contributed by atoms with van der Waals surface area (Å²) in [7, 11) is 0. The minimum absolute atomic E-state index is 0.448. The molecule has 0 fully saturated rings. The van der Waals surface area contributed by atoms with Crippen LogP contribution < -0.4 is 0 Å². The van der Waals surface area contributed by atoms with Crippen molar-refractivity contribution in [2.75, 3.05) is 0 Å². The van der Waals surface area contributed by atoms with Crippen LogP contribution in [0, 0.1) is 0 Å². The second-order valence-corrected chi connectivity index (χ2v) is 7.19. The van der Waals surface area contributed by atoms with E-state index < -0.39 is 5.60 Å². The second-order valence-electron chi connectivity index (χ2n) is 6.28. The molecule has 1 aliphatic carbocycles. The van der Waals surface area contributed by atoms with Crippen molar-refractivity contribution in [2.45, 2.75) is 44.1 Å². The van der Waals surface area contributed by atoms with Gasteiger partial charge in [-0.2, -0.15) is 0 Å². The molecule has 110 valence electrons. The largest absolute Gasteiger partial charge is 0.385 e. The lowest BCUT2D eigenvalue weighted by molar-refractivity contribution is 0.0380. The van der Waals surface area contributed by atoms with E-state index in [9.17, 15) is 5.11 Å². The van der Waals surface area contributed by atoms with Crippen molar-refractivity contribution in [1.29, 1.82) is 0 Å². The minimum Gasteiger partial charge on any atom is -0.385 e. The quantitative estimate of drug-likeness (QED) is 0.814. The van der Waals surface area contributed by atoms with Crippen LogP contribution in [0.25, 0.3) is 0 Å². The average molecular weight is 345 g/mol. The van der Waals surface area contributed by atoms with Gasteiger partial charge in [-0.05, 0) is 67.3 Å². The average Bonchev–Trinajstić information content (AvgIpc) is 2.47. The van der Waals surface area contributed by atoms with Gasteiger partial charge in [0.25, 0.3) is 0 Å². The lowest BCUT2D eigenvalue weighted by Crippen LogP contribution is -2.26. The van der Waals surface area contributed by atoms with Crippen molar-refractivity contribution < 1.29 is 5.11 Å². The summed E-state index contributed by atoms with van der Waals surface area (Å²) in [6.07, 6.45) is 4.34. The van der Waals surface area contributed by atoms with Crippen molar-refractivity contribution in [3.63, 3.8) is 0 Å². The van der Waals surface area contributed by atoms with E-state index in [1.165, 1.54) is 30.4 Å². The van der Waals surface area contributed by atoms with Gasteiger partial charge in [-0.15, -0.1) is 0 Å². The molecule has 0 amide bonds. The molecule has 2 heteroatoms. The Morgan fingerprint density at radius 2 is 2.00 bits per heavy atom. The third kappa shape index (κ3) is 3.22. The number of rotatable bonds is 3. The van der Waals surface area contributed by atoms with E-state index in [2.05, 4.69) is 40.2 Å². The smallest absolute Gasteiger partial charge is 0.0874 e. The Morgan fingerprint density at radius 1 is 1.19 bits per heavy atom. The maximum atomic E-state index is 11.0. The van der Waals surface area contributed by atoms with Crippen LogP contribution in [-0.4, -0.2) is 5.11 Å². The van der Waals surface area contributed by atoms with Gasteiger partial charge in [0.2, 0.25) is 0 Å². The van der Waals surface area contributed by atoms with Crippen LogP contribution >= 0.6 is 15.9 Å². The maximum absolute atomic E-state index is 11.0. The van der Waals surface area contributed by atoms with E-state index >= 15 is 0 Å². The fourth-order valence-electron chi connectivity index (χ4n) is 3.49. The molecule has 0 heterocycles. The highest BCUT2D eigenvalue weighted by atomic mass is 79.9. The Balaban J connectivity index is 1.86. The van der Waals surface area contributed by atoms with Crippen LogP contribution in [0.3, 0.4) is 0 Å². The second kappa shape index (κ2) is 5.94. The first-order chi connectivity index (χ1) is 10.1. The predicted molar refractivity (Wildman–Crippen MR) is 90.5 cm³/mol. The third-order valence-corrected chi connectivity index (χ3v) is 5.08. The fourth-order valence-corrected chi connectivity index (χ4v) is 3.89. The topological polar surface area (TPSA) is 20.2 Å².